The maximum absolute atomic E-state index is 14.7. The first-order valence-electron chi connectivity index (χ1n) is 18.8. The van der Waals surface area contributed by atoms with Gasteiger partial charge < -0.3 is 30.1 Å². The molecule has 0 aliphatic carbocycles. The molecular formula is C42H55N5O7. The number of nitrogens with zero attached hydrogens (tertiary/aromatic N) is 3. The molecule has 0 bridgehead atoms. The number of nitrogens with one attached hydrogen (secondary N) is 2. The molecule has 2 aliphatic heterocycles. The third kappa shape index (κ3) is 10.1. The molecule has 2 fully saturated rings. The lowest BCUT2D eigenvalue weighted by Crippen LogP contribution is -2.60. The van der Waals surface area contributed by atoms with Crippen LogP contribution >= 0.6 is 0 Å². The monoisotopic (exact) mass is 741 g/mol. The lowest BCUT2D eigenvalue weighted by Gasteiger charge is -2.38. The zero-order valence-corrected chi connectivity index (χ0v) is 32.4. The second-order valence-corrected chi connectivity index (χ2v) is 15.2. The number of unbranched alkanes of at least 4 members (excludes halogenated alkanes) is 1. The molecule has 54 heavy (non-hydrogen) atoms. The number of carbonyl (C=O) groups excluding carboxylic acids is 6. The van der Waals surface area contributed by atoms with Crippen LogP contribution in [0.4, 0.5) is 0 Å². The van der Waals surface area contributed by atoms with Crippen LogP contribution < -0.4 is 10.6 Å². The summed E-state index contributed by atoms with van der Waals surface area (Å²) in [6, 6.07) is 14.6. The Morgan fingerprint density at radius 1 is 0.852 bits per heavy atom. The standard InChI is InChI=1S/C42H55N5O7/c1-8-9-12-23-34-42(4,5)41(53)44-36(28(2)3)40(52)46(7)33(26-30-20-15-11-16-21-30)39(51)47-24-17-22-31(47)38(50)45(6)32(25-29-18-13-10-14-19-29)37(49)43-27-35(48)54-34/h1,10-11,13-16,18-21,28,31-34,36H,9,12,17,22-27H2,2-7H3,(H,43,49)(H,44,53). The van der Waals surface area contributed by atoms with Crippen LogP contribution in [0.1, 0.15) is 70.9 Å². The Balaban J connectivity index is 1.80. The zero-order valence-electron chi connectivity index (χ0n) is 32.4. The quantitative estimate of drug-likeness (QED) is 0.240. The first kappa shape index (κ1) is 41.6. The summed E-state index contributed by atoms with van der Waals surface area (Å²) in [4.78, 5) is 89.1. The van der Waals surface area contributed by atoms with Gasteiger partial charge in [-0.1, -0.05) is 74.5 Å². The van der Waals surface area contributed by atoms with Gasteiger partial charge in [0.25, 0.3) is 0 Å². The molecular weight excluding hydrogens is 686 g/mol. The van der Waals surface area contributed by atoms with Crippen molar-refractivity contribution in [2.24, 2.45) is 11.3 Å². The topological polar surface area (TPSA) is 145 Å². The summed E-state index contributed by atoms with van der Waals surface area (Å²) in [6.07, 6.45) is 6.89. The van der Waals surface area contributed by atoms with Gasteiger partial charge in [-0.25, -0.2) is 0 Å². The summed E-state index contributed by atoms with van der Waals surface area (Å²) in [6.45, 7) is 6.65. The van der Waals surface area contributed by atoms with Crippen LogP contribution in [0.25, 0.3) is 0 Å². The Bertz CT molecular complexity index is 1690. The highest BCUT2D eigenvalue weighted by atomic mass is 16.5. The second-order valence-electron chi connectivity index (χ2n) is 15.2. The van der Waals surface area contributed by atoms with Crippen molar-refractivity contribution in [2.45, 2.75) is 103 Å². The average Bonchev–Trinajstić information content (AvgIpc) is 3.66. The van der Waals surface area contributed by atoms with Crippen LogP contribution in [0.3, 0.4) is 0 Å². The largest absolute Gasteiger partial charge is 0.460 e. The van der Waals surface area contributed by atoms with Crippen LogP contribution in [-0.4, -0.2) is 108 Å². The fourth-order valence-electron chi connectivity index (χ4n) is 7.13. The number of hydrogen-bond donors (Lipinski definition) is 2. The Morgan fingerprint density at radius 2 is 1.43 bits per heavy atom. The van der Waals surface area contributed by atoms with Crippen molar-refractivity contribution in [1.29, 1.82) is 0 Å². The Kier molecular flexibility index (Phi) is 14.4. The molecule has 12 heteroatoms. The highest BCUT2D eigenvalue weighted by Crippen LogP contribution is 2.30. The molecule has 290 valence electrons. The molecule has 0 aromatic heterocycles. The van der Waals surface area contributed by atoms with E-state index in [0.717, 1.165) is 11.1 Å². The summed E-state index contributed by atoms with van der Waals surface area (Å²) >= 11 is 0. The third-order valence-electron chi connectivity index (χ3n) is 10.7. The number of rotatable bonds is 8. The van der Waals surface area contributed by atoms with Crippen LogP contribution in [-0.2, 0) is 46.3 Å². The average molecular weight is 742 g/mol. The number of esters is 1. The van der Waals surface area contributed by atoms with Crippen molar-refractivity contribution in [2.75, 3.05) is 27.2 Å². The summed E-state index contributed by atoms with van der Waals surface area (Å²) in [5.74, 6) is -0.977. The summed E-state index contributed by atoms with van der Waals surface area (Å²) in [5.41, 5.74) is 0.283. The van der Waals surface area contributed by atoms with E-state index in [2.05, 4.69) is 16.6 Å². The molecule has 5 unspecified atom stereocenters. The van der Waals surface area contributed by atoms with Crippen molar-refractivity contribution in [3.8, 4) is 12.3 Å². The first-order chi connectivity index (χ1) is 25.7. The highest BCUT2D eigenvalue weighted by Gasteiger charge is 2.45. The second kappa shape index (κ2) is 18.7. The van der Waals surface area contributed by atoms with Crippen LogP contribution in [0.15, 0.2) is 60.7 Å². The maximum atomic E-state index is 14.7. The molecule has 0 radical (unpaired) electrons. The minimum absolute atomic E-state index is 0.150. The lowest BCUT2D eigenvalue weighted by molar-refractivity contribution is -0.160. The number of benzene rings is 2. The van der Waals surface area contributed by atoms with Gasteiger partial charge in [-0.2, -0.15) is 0 Å². The van der Waals surface area contributed by atoms with E-state index in [0.29, 0.717) is 25.7 Å². The molecule has 2 aromatic rings. The third-order valence-corrected chi connectivity index (χ3v) is 10.7. The molecule has 2 aliphatic rings. The predicted octanol–water partition coefficient (Wildman–Crippen LogP) is 3.13. The fourth-order valence-corrected chi connectivity index (χ4v) is 7.13. The van der Waals surface area contributed by atoms with Gasteiger partial charge in [-0.05, 0) is 56.6 Å². The molecule has 12 nitrogen and oxygen atoms in total. The molecule has 5 amide bonds. The maximum Gasteiger partial charge on any atom is 0.325 e. The van der Waals surface area contributed by atoms with E-state index in [4.69, 9.17) is 11.2 Å². The first-order valence-corrected chi connectivity index (χ1v) is 18.8. The fraction of sp³-hybridized carbons (Fsp3) is 0.524. The van der Waals surface area contributed by atoms with Gasteiger partial charge >= 0.3 is 5.97 Å². The number of fused-ring (bicyclic) bond motifs is 1. The molecule has 0 spiro atoms. The van der Waals surface area contributed by atoms with Gasteiger partial charge in [-0.3, -0.25) is 28.8 Å². The van der Waals surface area contributed by atoms with Crippen LogP contribution in [0.2, 0.25) is 0 Å². The van der Waals surface area contributed by atoms with Crippen LogP contribution in [0.5, 0.6) is 0 Å². The summed E-state index contributed by atoms with van der Waals surface area (Å²) < 4.78 is 5.89. The van der Waals surface area contributed by atoms with Gasteiger partial charge in [0.15, 0.2) is 0 Å². The van der Waals surface area contributed by atoms with Gasteiger partial charge in [0, 0.05) is 39.9 Å². The minimum Gasteiger partial charge on any atom is -0.460 e. The Morgan fingerprint density at radius 3 is 2.00 bits per heavy atom. The van der Waals surface area contributed by atoms with Crippen LogP contribution in [0, 0.1) is 23.7 Å². The number of amides is 5. The Labute approximate surface area is 319 Å². The smallest absolute Gasteiger partial charge is 0.325 e. The molecule has 2 N–H and O–H groups in total. The number of hydrogen-bond acceptors (Lipinski definition) is 7. The van der Waals surface area contributed by atoms with Crippen molar-refractivity contribution in [3.63, 3.8) is 0 Å². The van der Waals surface area contributed by atoms with E-state index in [1.54, 1.807) is 34.7 Å². The predicted molar refractivity (Wildman–Crippen MR) is 204 cm³/mol. The molecule has 4 rings (SSSR count). The number of terminal acetylenes is 1. The van der Waals surface area contributed by atoms with Gasteiger partial charge in [-0.15, -0.1) is 12.3 Å². The molecule has 5 atom stereocenters. The minimum atomic E-state index is -1.33. The summed E-state index contributed by atoms with van der Waals surface area (Å²) in [7, 11) is 3.08. The van der Waals surface area contributed by atoms with Crippen molar-refractivity contribution in [1.82, 2.24) is 25.3 Å². The zero-order chi connectivity index (χ0) is 39.6. The van der Waals surface area contributed by atoms with E-state index in [9.17, 15) is 28.8 Å². The normalized spacial score (nSPS) is 24.9. The van der Waals surface area contributed by atoms with Crippen molar-refractivity contribution < 1.29 is 33.5 Å². The van der Waals surface area contributed by atoms with Gasteiger partial charge in [0.2, 0.25) is 29.5 Å². The number of likely N-dealkylation sites (N-methyl/N-ethyl adjacent to an activating group) is 2. The molecule has 2 aromatic carbocycles. The van der Waals surface area contributed by atoms with E-state index < -0.39 is 77.7 Å². The van der Waals surface area contributed by atoms with E-state index in [1.807, 2.05) is 60.7 Å². The summed E-state index contributed by atoms with van der Waals surface area (Å²) in [5, 5.41) is 5.57. The molecule has 2 saturated heterocycles. The highest BCUT2D eigenvalue weighted by molar-refractivity contribution is 5.97. The van der Waals surface area contributed by atoms with Gasteiger partial charge in [0.1, 0.15) is 36.8 Å². The Hall–Kier alpha value is -5.18. The SMILES string of the molecule is C#CCCCC1OC(=O)CNC(=O)C(Cc2ccccc2)N(C)C(=O)C2CCCN2C(=O)C(Cc2ccccc2)N(C)C(=O)C(C(C)C)NC(=O)C1(C)C. The van der Waals surface area contributed by atoms with E-state index >= 15 is 0 Å². The number of cyclic esters (lactones) is 1. The van der Waals surface area contributed by atoms with Crippen molar-refractivity contribution >= 4 is 35.5 Å². The lowest BCUT2D eigenvalue weighted by atomic mass is 9.82. The number of ether oxygens (including phenoxy) is 1. The molecule has 2 heterocycles. The number of carbonyl (C=O) groups is 6. The molecule has 0 saturated carbocycles. The van der Waals surface area contributed by atoms with E-state index in [-0.39, 0.29) is 31.7 Å². The van der Waals surface area contributed by atoms with Crippen molar-refractivity contribution in [3.05, 3.63) is 71.8 Å². The van der Waals surface area contributed by atoms with Gasteiger partial charge in [0.05, 0.1) is 5.41 Å². The van der Waals surface area contributed by atoms with E-state index in [1.165, 1.54) is 21.7 Å².